The molecule has 1 aliphatic rings. The molecule has 0 spiro atoms. The van der Waals surface area contributed by atoms with Crippen LogP contribution in [0.4, 0.5) is 23.7 Å². The minimum absolute atomic E-state index is 0.213. The van der Waals surface area contributed by atoms with E-state index in [9.17, 15) is 18.0 Å². The van der Waals surface area contributed by atoms with Gasteiger partial charge in [-0.1, -0.05) is 12.1 Å². The lowest BCUT2D eigenvalue weighted by molar-refractivity contribution is -0.137. The number of rotatable bonds is 1. The van der Waals surface area contributed by atoms with Gasteiger partial charge in [0.1, 0.15) is 0 Å². The smallest absolute Gasteiger partial charge is 0.327 e. The zero-order valence-corrected chi connectivity index (χ0v) is 9.95. The Morgan fingerprint density at radius 3 is 2.70 bits per heavy atom. The van der Waals surface area contributed by atoms with E-state index in [1.807, 2.05) is 0 Å². The zero-order valence-electron chi connectivity index (χ0n) is 9.95. The van der Waals surface area contributed by atoms with Gasteiger partial charge in [0.2, 0.25) is 0 Å². The summed E-state index contributed by atoms with van der Waals surface area (Å²) < 4.78 is 38.9. The molecule has 104 valence electrons. The van der Waals surface area contributed by atoms with Crippen molar-refractivity contribution in [1.29, 1.82) is 0 Å². The lowest BCUT2D eigenvalue weighted by Crippen LogP contribution is -2.39. The molecule has 0 radical (unpaired) electrons. The van der Waals surface area contributed by atoms with Gasteiger partial charge in [-0.3, -0.25) is 5.10 Å². The summed E-state index contributed by atoms with van der Waals surface area (Å²) in [7, 11) is 0. The number of aromatic amines is 1. The van der Waals surface area contributed by atoms with Gasteiger partial charge in [-0.25, -0.2) is 4.79 Å². The Morgan fingerprint density at radius 1 is 1.25 bits per heavy atom. The fourth-order valence-corrected chi connectivity index (χ4v) is 2.23. The van der Waals surface area contributed by atoms with Gasteiger partial charge in [0.25, 0.3) is 0 Å². The topological polar surface area (TPSA) is 69.8 Å². The number of carbonyl (C=O) groups is 1. The molecule has 2 aromatic rings. The van der Waals surface area contributed by atoms with Crippen LogP contribution in [0.25, 0.3) is 0 Å². The van der Waals surface area contributed by atoms with Crippen LogP contribution in [0.2, 0.25) is 0 Å². The van der Waals surface area contributed by atoms with Gasteiger partial charge in [-0.2, -0.15) is 18.3 Å². The summed E-state index contributed by atoms with van der Waals surface area (Å²) in [5.41, 5.74) is -0.144. The van der Waals surface area contributed by atoms with E-state index in [4.69, 9.17) is 0 Å². The predicted octanol–water partition coefficient (Wildman–Crippen LogP) is 2.65. The Morgan fingerprint density at radius 2 is 2.05 bits per heavy atom. The maximum Gasteiger partial charge on any atom is 0.418 e. The highest BCUT2D eigenvalue weighted by molar-refractivity contribution is 5.94. The summed E-state index contributed by atoms with van der Waals surface area (Å²) in [4.78, 5) is 11.6. The fourth-order valence-electron chi connectivity index (χ4n) is 2.23. The maximum absolute atomic E-state index is 13.0. The number of nitrogens with one attached hydrogen (secondary N) is 3. The van der Waals surface area contributed by atoms with Crippen LogP contribution < -0.4 is 10.6 Å². The third-order valence-electron chi connectivity index (χ3n) is 3.08. The number of anilines is 1. The predicted molar refractivity (Wildman–Crippen MR) is 64.0 cm³/mol. The van der Waals surface area contributed by atoms with Gasteiger partial charge < -0.3 is 10.6 Å². The number of urea groups is 1. The Labute approximate surface area is 111 Å². The van der Waals surface area contributed by atoms with Crippen LogP contribution in [0, 0.1) is 0 Å². The van der Waals surface area contributed by atoms with E-state index in [2.05, 4.69) is 20.8 Å². The molecular formula is C12H9F3N4O. The highest BCUT2D eigenvalue weighted by Crippen LogP contribution is 2.41. The fraction of sp³-hybridized carbons (Fsp3) is 0.167. The molecule has 20 heavy (non-hydrogen) atoms. The minimum atomic E-state index is -4.53. The molecular weight excluding hydrogens is 273 g/mol. The van der Waals surface area contributed by atoms with Gasteiger partial charge in [0, 0.05) is 17.3 Å². The molecule has 3 N–H and O–H groups in total. The van der Waals surface area contributed by atoms with Crippen molar-refractivity contribution in [2.75, 3.05) is 5.32 Å². The number of carbonyl (C=O) groups excluding carboxylic acids is 1. The van der Waals surface area contributed by atoms with Crippen LogP contribution in [0.3, 0.4) is 0 Å². The molecule has 0 saturated carbocycles. The van der Waals surface area contributed by atoms with Gasteiger partial charge in [0.15, 0.2) is 0 Å². The normalized spacial score (nSPS) is 18.1. The molecule has 8 heteroatoms. The Balaban J connectivity index is 2.17. The van der Waals surface area contributed by atoms with Crippen molar-refractivity contribution in [3.8, 4) is 0 Å². The number of alkyl halides is 3. The number of hydrogen-bond acceptors (Lipinski definition) is 2. The van der Waals surface area contributed by atoms with Crippen LogP contribution in [0.1, 0.15) is 22.7 Å². The number of fused-ring (bicyclic) bond motifs is 1. The largest absolute Gasteiger partial charge is 0.418 e. The Bertz CT molecular complexity index is 651. The number of para-hydroxylation sites is 1. The molecule has 1 atom stereocenters. The molecule has 1 unspecified atom stereocenters. The highest BCUT2D eigenvalue weighted by Gasteiger charge is 2.38. The molecule has 1 aromatic carbocycles. The number of aromatic nitrogens is 2. The standard InChI is InChI=1S/C12H9F3N4O/c13-12(14,15)8-3-1-2-7-9(6-4-16-17-5-6)18-11(20)19-10(7)8/h1-5,9H,(H,16,17)(H2,18,19,20). The third-order valence-corrected chi connectivity index (χ3v) is 3.08. The van der Waals surface area contributed by atoms with Crippen molar-refractivity contribution in [2.24, 2.45) is 0 Å². The average Bonchev–Trinajstić information content (AvgIpc) is 2.89. The summed E-state index contributed by atoms with van der Waals surface area (Å²) in [5, 5.41) is 11.1. The molecule has 5 nitrogen and oxygen atoms in total. The van der Waals surface area contributed by atoms with Crippen LogP contribution in [-0.4, -0.2) is 16.2 Å². The quantitative estimate of drug-likeness (QED) is 0.752. The van der Waals surface area contributed by atoms with Crippen molar-refractivity contribution in [2.45, 2.75) is 12.2 Å². The molecule has 0 bridgehead atoms. The summed E-state index contributed by atoms with van der Waals surface area (Å²) in [6.45, 7) is 0. The third kappa shape index (κ3) is 1.98. The molecule has 1 aliphatic heterocycles. The molecule has 0 fully saturated rings. The summed E-state index contributed by atoms with van der Waals surface area (Å²) in [6.07, 6.45) is -1.54. The Kier molecular flexibility index (Phi) is 2.66. The first-order valence-corrected chi connectivity index (χ1v) is 5.73. The zero-order chi connectivity index (χ0) is 14.3. The first kappa shape index (κ1) is 12.5. The molecule has 0 saturated heterocycles. The van der Waals surface area contributed by atoms with Gasteiger partial charge in [0.05, 0.1) is 23.5 Å². The SMILES string of the molecule is O=C1Nc2c(cccc2C(F)(F)F)C(c2cn[nH]c2)N1. The summed E-state index contributed by atoms with van der Waals surface area (Å²) >= 11 is 0. The first-order valence-electron chi connectivity index (χ1n) is 5.73. The maximum atomic E-state index is 13.0. The number of hydrogen-bond donors (Lipinski definition) is 3. The summed E-state index contributed by atoms with van der Waals surface area (Å²) in [6, 6.07) is 2.44. The van der Waals surface area contributed by atoms with Crippen molar-refractivity contribution in [3.05, 3.63) is 47.3 Å². The number of H-pyrrole nitrogens is 1. The van der Waals surface area contributed by atoms with E-state index < -0.39 is 23.8 Å². The number of benzene rings is 1. The average molecular weight is 282 g/mol. The Hall–Kier alpha value is -2.51. The second kappa shape index (κ2) is 4.26. The van der Waals surface area contributed by atoms with E-state index in [1.54, 1.807) is 0 Å². The van der Waals surface area contributed by atoms with E-state index in [0.717, 1.165) is 6.07 Å². The second-order valence-electron chi connectivity index (χ2n) is 4.33. The van der Waals surface area contributed by atoms with E-state index in [-0.39, 0.29) is 5.69 Å². The molecule has 2 heterocycles. The number of halogens is 3. The molecule has 1 aromatic heterocycles. The first-order chi connectivity index (χ1) is 9.47. The van der Waals surface area contributed by atoms with E-state index in [0.29, 0.717) is 11.1 Å². The van der Waals surface area contributed by atoms with Gasteiger partial charge in [-0.15, -0.1) is 0 Å². The van der Waals surface area contributed by atoms with Crippen molar-refractivity contribution in [3.63, 3.8) is 0 Å². The number of amides is 2. The second-order valence-corrected chi connectivity index (χ2v) is 4.33. The van der Waals surface area contributed by atoms with Gasteiger partial charge >= 0.3 is 12.2 Å². The minimum Gasteiger partial charge on any atom is -0.327 e. The van der Waals surface area contributed by atoms with Crippen LogP contribution >= 0.6 is 0 Å². The van der Waals surface area contributed by atoms with Crippen LogP contribution in [0.5, 0.6) is 0 Å². The highest BCUT2D eigenvalue weighted by atomic mass is 19.4. The van der Waals surface area contributed by atoms with Crippen LogP contribution in [0.15, 0.2) is 30.6 Å². The van der Waals surface area contributed by atoms with Crippen molar-refractivity contribution in [1.82, 2.24) is 15.5 Å². The summed E-state index contributed by atoms with van der Waals surface area (Å²) in [5.74, 6) is 0. The van der Waals surface area contributed by atoms with E-state index >= 15 is 0 Å². The lowest BCUT2D eigenvalue weighted by Gasteiger charge is -2.28. The lowest BCUT2D eigenvalue weighted by atomic mass is 9.95. The molecule has 0 aliphatic carbocycles. The van der Waals surface area contributed by atoms with Crippen LogP contribution in [-0.2, 0) is 6.18 Å². The van der Waals surface area contributed by atoms with E-state index in [1.165, 1.54) is 24.5 Å². The number of nitrogens with zero attached hydrogens (tertiary/aromatic N) is 1. The molecule has 2 amide bonds. The monoisotopic (exact) mass is 282 g/mol. The van der Waals surface area contributed by atoms with Crippen molar-refractivity contribution >= 4 is 11.7 Å². The van der Waals surface area contributed by atoms with Gasteiger partial charge in [-0.05, 0) is 6.07 Å². The van der Waals surface area contributed by atoms with Crippen molar-refractivity contribution < 1.29 is 18.0 Å². The molecule has 3 rings (SSSR count).